The van der Waals surface area contributed by atoms with Crippen LogP contribution >= 0.6 is 0 Å². The molecule has 2 aliphatic rings. The summed E-state index contributed by atoms with van der Waals surface area (Å²) in [5, 5.41) is 1.93. The minimum Gasteiger partial charge on any atom is -0.462 e. The molecule has 36 heavy (non-hydrogen) atoms. The molecule has 0 aliphatic carbocycles. The van der Waals surface area contributed by atoms with Gasteiger partial charge in [0, 0.05) is 0 Å². The van der Waals surface area contributed by atoms with Crippen LogP contribution in [0.15, 0.2) is 72.8 Å². The summed E-state index contributed by atoms with van der Waals surface area (Å²) < 4.78 is 11.8. The molecule has 2 saturated heterocycles. The maximum Gasteiger partial charge on any atom is 0.309 e. The first-order valence-electron chi connectivity index (χ1n) is 13.6. The van der Waals surface area contributed by atoms with Gasteiger partial charge in [0.15, 0.2) is 0 Å². The minimum atomic E-state index is -2.95. The number of hydrogen-bond acceptors (Lipinski definition) is 4. The number of benzene rings is 2. The summed E-state index contributed by atoms with van der Waals surface area (Å²) >= 11 is 0. The number of carbonyl (C=O) groups excluding carboxylic acids is 1. The van der Waals surface area contributed by atoms with Crippen molar-refractivity contribution in [3.05, 3.63) is 72.8 Å². The number of unbranched alkanes of at least 4 members (excludes halogenated alkanes) is 1. The fourth-order valence-corrected chi connectivity index (χ4v) is 9.79. The molecule has 2 aliphatic heterocycles. The number of ether oxygens (including phenoxy) is 2. The van der Waals surface area contributed by atoms with Crippen LogP contribution in [0.5, 0.6) is 0 Å². The molecule has 1 N–H and O–H groups in total. The molecule has 2 fully saturated rings. The Labute approximate surface area is 217 Å². The molecule has 0 bridgehead atoms. The standard InChI is InChI=1S/C31H42O4Si/c1-23-21-25(34-29(23)19-18-26-22-24(2)30(32)35-26)13-11-12-20-31(3,4)36(33,27-14-7-5-8-15-27)28-16-9-6-10-17-28/h5-10,14-17,24-26,29,33H,1,11-13,18-22H2,2-4H3/t24?,25?,26?,29-/m0/s1. The Morgan fingerprint density at radius 2 is 1.56 bits per heavy atom. The van der Waals surface area contributed by atoms with E-state index in [9.17, 15) is 9.59 Å². The lowest BCUT2D eigenvalue weighted by molar-refractivity contribution is -0.144. The van der Waals surface area contributed by atoms with Crippen LogP contribution in [-0.4, -0.2) is 37.4 Å². The van der Waals surface area contributed by atoms with Gasteiger partial charge in [-0.3, -0.25) is 4.79 Å². The summed E-state index contributed by atoms with van der Waals surface area (Å²) in [4.78, 5) is 24.0. The maximum atomic E-state index is 12.3. The second-order valence-electron chi connectivity index (χ2n) is 11.5. The first kappa shape index (κ1) is 26.8. The van der Waals surface area contributed by atoms with Crippen LogP contribution in [0, 0.1) is 5.92 Å². The molecule has 3 unspecified atom stereocenters. The molecular formula is C31H42O4Si. The first-order valence-corrected chi connectivity index (χ1v) is 15.5. The Kier molecular flexibility index (Phi) is 8.54. The molecule has 0 radical (unpaired) electrons. The van der Waals surface area contributed by atoms with Gasteiger partial charge in [-0.15, -0.1) is 0 Å². The van der Waals surface area contributed by atoms with E-state index in [1.807, 2.05) is 43.3 Å². The monoisotopic (exact) mass is 506 g/mol. The van der Waals surface area contributed by atoms with Gasteiger partial charge < -0.3 is 14.3 Å². The highest BCUT2D eigenvalue weighted by Crippen LogP contribution is 2.41. The van der Waals surface area contributed by atoms with Crippen molar-refractivity contribution in [3.63, 3.8) is 0 Å². The van der Waals surface area contributed by atoms with E-state index in [0.29, 0.717) is 0 Å². The average Bonchev–Trinajstić information content (AvgIpc) is 3.40. The highest BCUT2D eigenvalue weighted by Gasteiger charge is 2.49. The van der Waals surface area contributed by atoms with Crippen LogP contribution in [0.3, 0.4) is 0 Å². The Morgan fingerprint density at radius 3 is 2.11 bits per heavy atom. The van der Waals surface area contributed by atoms with Gasteiger partial charge in [-0.05, 0) is 59.5 Å². The molecule has 2 heterocycles. The number of carbonyl (C=O) groups is 1. The number of esters is 1. The molecule has 0 spiro atoms. The Bertz CT molecular complexity index is 980. The summed E-state index contributed by atoms with van der Waals surface area (Å²) in [7, 11) is -2.95. The predicted molar refractivity (Wildman–Crippen MR) is 148 cm³/mol. The van der Waals surface area contributed by atoms with Crippen molar-refractivity contribution in [2.75, 3.05) is 0 Å². The van der Waals surface area contributed by atoms with E-state index in [-0.39, 0.29) is 35.2 Å². The van der Waals surface area contributed by atoms with E-state index in [4.69, 9.17) is 9.47 Å². The molecule has 194 valence electrons. The molecule has 4 rings (SSSR count). The van der Waals surface area contributed by atoms with E-state index in [1.165, 1.54) is 5.57 Å². The highest BCUT2D eigenvalue weighted by molar-refractivity contribution is 6.98. The Balaban J connectivity index is 1.29. The predicted octanol–water partition coefficient (Wildman–Crippen LogP) is 5.52. The van der Waals surface area contributed by atoms with Crippen molar-refractivity contribution in [1.82, 2.24) is 0 Å². The van der Waals surface area contributed by atoms with E-state index in [0.717, 1.165) is 61.7 Å². The van der Waals surface area contributed by atoms with E-state index >= 15 is 0 Å². The van der Waals surface area contributed by atoms with Gasteiger partial charge in [-0.2, -0.15) is 0 Å². The van der Waals surface area contributed by atoms with Crippen LogP contribution < -0.4 is 10.4 Å². The van der Waals surface area contributed by atoms with Gasteiger partial charge >= 0.3 is 5.97 Å². The molecule has 4 atom stereocenters. The quantitative estimate of drug-likeness (QED) is 0.189. The largest absolute Gasteiger partial charge is 0.462 e. The summed E-state index contributed by atoms with van der Waals surface area (Å²) in [5.74, 6) is -0.0503. The lowest BCUT2D eigenvalue weighted by Gasteiger charge is -2.41. The molecular weight excluding hydrogens is 464 g/mol. The number of hydrogen-bond donors (Lipinski definition) is 1. The van der Waals surface area contributed by atoms with E-state index < -0.39 is 8.32 Å². The van der Waals surface area contributed by atoms with Crippen LogP contribution in [0.4, 0.5) is 0 Å². The summed E-state index contributed by atoms with van der Waals surface area (Å²) in [6.07, 6.45) is 7.88. The van der Waals surface area contributed by atoms with Crippen molar-refractivity contribution in [2.45, 2.75) is 95.5 Å². The fraction of sp³-hybridized carbons (Fsp3) is 0.516. The van der Waals surface area contributed by atoms with Gasteiger partial charge in [0.25, 0.3) is 8.32 Å². The number of rotatable bonds is 11. The highest BCUT2D eigenvalue weighted by atomic mass is 28.4. The summed E-state index contributed by atoms with van der Waals surface area (Å²) in [6, 6.07) is 20.5. The third-order valence-corrected chi connectivity index (χ3v) is 12.8. The van der Waals surface area contributed by atoms with Gasteiger partial charge in [0.2, 0.25) is 0 Å². The topological polar surface area (TPSA) is 55.8 Å². The van der Waals surface area contributed by atoms with Gasteiger partial charge in [-0.1, -0.05) is 101 Å². The first-order chi connectivity index (χ1) is 17.2. The normalized spacial score (nSPS) is 24.8. The smallest absolute Gasteiger partial charge is 0.309 e. The third kappa shape index (κ3) is 5.85. The van der Waals surface area contributed by atoms with Crippen LogP contribution in [-0.2, 0) is 14.3 Å². The van der Waals surface area contributed by atoms with Gasteiger partial charge in [0.05, 0.1) is 18.1 Å². The zero-order chi connectivity index (χ0) is 25.8. The summed E-state index contributed by atoms with van der Waals surface area (Å²) in [5.41, 5.74) is 1.17. The van der Waals surface area contributed by atoms with Crippen LogP contribution in [0.2, 0.25) is 5.04 Å². The fourth-order valence-electron chi connectivity index (χ4n) is 6.00. The van der Waals surface area contributed by atoms with Crippen molar-refractivity contribution < 1.29 is 19.1 Å². The zero-order valence-electron chi connectivity index (χ0n) is 22.1. The van der Waals surface area contributed by atoms with E-state index in [1.54, 1.807) is 0 Å². The van der Waals surface area contributed by atoms with Gasteiger partial charge in [-0.25, -0.2) is 0 Å². The average molecular weight is 507 g/mol. The third-order valence-electron chi connectivity index (χ3n) is 8.29. The molecule has 0 amide bonds. The maximum absolute atomic E-state index is 12.3. The molecule has 2 aromatic rings. The molecule has 5 heteroatoms. The second kappa shape index (κ2) is 11.5. The van der Waals surface area contributed by atoms with Crippen molar-refractivity contribution in [3.8, 4) is 0 Å². The molecule has 4 nitrogen and oxygen atoms in total. The SMILES string of the molecule is C=C1CC(CCCCC(C)(C)[Si](O)(c2ccccc2)c2ccccc2)O[C@H]1CCC1CC(C)C(=O)O1. The van der Waals surface area contributed by atoms with E-state index in [2.05, 4.69) is 44.7 Å². The Hall–Kier alpha value is -2.21. The van der Waals surface area contributed by atoms with Crippen LogP contribution in [0.1, 0.15) is 72.1 Å². The minimum absolute atomic E-state index is 0.0178. The molecule has 0 saturated carbocycles. The van der Waals surface area contributed by atoms with Crippen molar-refractivity contribution in [1.29, 1.82) is 0 Å². The molecule has 0 aromatic heterocycles. The van der Waals surface area contributed by atoms with Crippen molar-refractivity contribution in [2.24, 2.45) is 5.92 Å². The lowest BCUT2D eigenvalue weighted by atomic mass is 9.98. The molecule has 2 aromatic carbocycles. The summed E-state index contributed by atoms with van der Waals surface area (Å²) in [6.45, 7) is 10.7. The van der Waals surface area contributed by atoms with Crippen LogP contribution in [0.25, 0.3) is 0 Å². The van der Waals surface area contributed by atoms with Gasteiger partial charge in [0.1, 0.15) is 6.10 Å². The lowest BCUT2D eigenvalue weighted by Crippen LogP contribution is -2.65. The second-order valence-corrected chi connectivity index (χ2v) is 15.4. The Morgan fingerprint density at radius 1 is 0.944 bits per heavy atom. The number of cyclic esters (lactones) is 1. The van der Waals surface area contributed by atoms with Crippen molar-refractivity contribution >= 4 is 24.7 Å². The zero-order valence-corrected chi connectivity index (χ0v) is 23.1.